The number of aliphatic carboxylic acids is 1. The molecule has 1 fully saturated rings. The topological polar surface area (TPSA) is 104 Å². The van der Waals surface area contributed by atoms with E-state index in [1.54, 1.807) is 20.8 Å². The van der Waals surface area contributed by atoms with Crippen molar-refractivity contribution < 1.29 is 27.9 Å². The minimum atomic E-state index is -3.61. The van der Waals surface area contributed by atoms with Crippen molar-refractivity contribution in [1.82, 2.24) is 9.21 Å². The minimum Gasteiger partial charge on any atom is -0.481 e. The molecule has 0 unspecified atom stereocenters. The van der Waals surface area contributed by atoms with Crippen LogP contribution in [0.25, 0.3) is 0 Å². The van der Waals surface area contributed by atoms with Crippen LogP contribution >= 0.6 is 0 Å². The SMILES string of the molecule is CC(C)(C)OC(=O)N1CCCN(S(=O)(=O)CCC(=O)O)CC1. The van der Waals surface area contributed by atoms with Gasteiger partial charge in [-0.2, -0.15) is 0 Å². The molecule has 1 saturated heterocycles. The van der Waals surface area contributed by atoms with Gasteiger partial charge in [0.05, 0.1) is 12.2 Å². The largest absolute Gasteiger partial charge is 0.481 e. The highest BCUT2D eigenvalue weighted by Crippen LogP contribution is 2.14. The maximum Gasteiger partial charge on any atom is 0.410 e. The van der Waals surface area contributed by atoms with Crippen LogP contribution in [0.5, 0.6) is 0 Å². The van der Waals surface area contributed by atoms with Gasteiger partial charge in [-0.1, -0.05) is 0 Å². The monoisotopic (exact) mass is 336 g/mol. The molecule has 0 aliphatic carbocycles. The minimum absolute atomic E-state index is 0.154. The van der Waals surface area contributed by atoms with Crippen LogP contribution in [0.1, 0.15) is 33.6 Å². The zero-order chi connectivity index (χ0) is 17.0. The molecule has 128 valence electrons. The first-order valence-corrected chi connectivity index (χ1v) is 8.80. The van der Waals surface area contributed by atoms with E-state index in [0.717, 1.165) is 0 Å². The maximum absolute atomic E-state index is 12.1. The predicted molar refractivity (Wildman–Crippen MR) is 80.0 cm³/mol. The van der Waals surface area contributed by atoms with Crippen molar-refractivity contribution >= 4 is 22.1 Å². The third-order valence-electron chi connectivity index (χ3n) is 3.07. The van der Waals surface area contributed by atoms with Gasteiger partial charge in [0.2, 0.25) is 10.0 Å². The Hall–Kier alpha value is -1.35. The summed E-state index contributed by atoms with van der Waals surface area (Å²) in [7, 11) is -3.61. The average Bonchev–Trinajstić information content (AvgIpc) is 2.60. The number of carbonyl (C=O) groups is 2. The highest BCUT2D eigenvalue weighted by atomic mass is 32.2. The van der Waals surface area contributed by atoms with E-state index in [0.29, 0.717) is 13.0 Å². The lowest BCUT2D eigenvalue weighted by atomic mass is 10.2. The molecule has 0 aromatic carbocycles. The molecule has 1 aliphatic rings. The summed E-state index contributed by atoms with van der Waals surface area (Å²) in [5, 5.41) is 8.60. The van der Waals surface area contributed by atoms with E-state index in [1.165, 1.54) is 9.21 Å². The van der Waals surface area contributed by atoms with Crippen molar-refractivity contribution in [3.63, 3.8) is 0 Å². The van der Waals surface area contributed by atoms with Crippen molar-refractivity contribution in [2.75, 3.05) is 31.9 Å². The van der Waals surface area contributed by atoms with Crippen LogP contribution in [0.2, 0.25) is 0 Å². The van der Waals surface area contributed by atoms with E-state index >= 15 is 0 Å². The average molecular weight is 336 g/mol. The second-order valence-corrected chi connectivity index (χ2v) is 8.27. The normalized spacial score (nSPS) is 17.9. The number of rotatable bonds is 4. The number of carbonyl (C=O) groups excluding carboxylic acids is 1. The summed E-state index contributed by atoms with van der Waals surface area (Å²) in [6.07, 6.45) is -0.391. The Morgan fingerprint density at radius 1 is 1.14 bits per heavy atom. The first-order chi connectivity index (χ1) is 10.0. The maximum atomic E-state index is 12.1. The molecule has 0 aromatic rings. The molecule has 0 saturated carbocycles. The summed E-state index contributed by atoms with van der Waals surface area (Å²) < 4.78 is 30.7. The third-order valence-corrected chi connectivity index (χ3v) is 4.95. The number of hydrogen-bond donors (Lipinski definition) is 1. The van der Waals surface area contributed by atoms with Crippen molar-refractivity contribution in [2.45, 2.75) is 39.2 Å². The smallest absolute Gasteiger partial charge is 0.410 e. The quantitative estimate of drug-likeness (QED) is 0.812. The van der Waals surface area contributed by atoms with E-state index in [-0.39, 0.29) is 19.6 Å². The van der Waals surface area contributed by atoms with E-state index in [2.05, 4.69) is 0 Å². The Morgan fingerprint density at radius 2 is 1.77 bits per heavy atom. The number of amides is 1. The Balaban J connectivity index is 2.62. The zero-order valence-corrected chi connectivity index (χ0v) is 14.1. The van der Waals surface area contributed by atoms with Gasteiger partial charge in [0, 0.05) is 26.2 Å². The van der Waals surface area contributed by atoms with Crippen LogP contribution in [0.15, 0.2) is 0 Å². The van der Waals surface area contributed by atoms with Gasteiger partial charge in [-0.3, -0.25) is 4.79 Å². The van der Waals surface area contributed by atoms with Gasteiger partial charge in [0.25, 0.3) is 0 Å². The Bertz CT molecular complexity index is 511. The van der Waals surface area contributed by atoms with Crippen molar-refractivity contribution in [1.29, 1.82) is 0 Å². The first-order valence-electron chi connectivity index (χ1n) is 7.19. The summed E-state index contributed by atoms with van der Waals surface area (Å²) in [5.74, 6) is -1.57. The molecular formula is C13H24N2O6S. The van der Waals surface area contributed by atoms with Gasteiger partial charge in [0.1, 0.15) is 5.60 Å². The summed E-state index contributed by atoms with van der Waals surface area (Å²) in [6, 6.07) is 0. The van der Waals surface area contributed by atoms with Crippen LogP contribution in [0.4, 0.5) is 4.79 Å². The van der Waals surface area contributed by atoms with Crippen molar-refractivity contribution in [2.24, 2.45) is 0 Å². The molecule has 1 N–H and O–H groups in total. The highest BCUT2D eigenvalue weighted by molar-refractivity contribution is 7.89. The van der Waals surface area contributed by atoms with Crippen molar-refractivity contribution in [3.05, 3.63) is 0 Å². The van der Waals surface area contributed by atoms with E-state index in [4.69, 9.17) is 9.84 Å². The number of ether oxygens (including phenoxy) is 1. The van der Waals surface area contributed by atoms with Crippen molar-refractivity contribution in [3.8, 4) is 0 Å². The summed E-state index contributed by atoms with van der Waals surface area (Å²) in [6.45, 7) is 6.39. The van der Waals surface area contributed by atoms with E-state index < -0.39 is 39.9 Å². The van der Waals surface area contributed by atoms with Crippen LogP contribution in [-0.4, -0.2) is 72.3 Å². The molecule has 0 aromatic heterocycles. The number of carboxylic acid groups (broad SMARTS) is 1. The molecule has 0 atom stereocenters. The Kier molecular flexibility index (Phi) is 6.18. The van der Waals surface area contributed by atoms with Gasteiger partial charge in [-0.25, -0.2) is 17.5 Å². The molecule has 1 heterocycles. The molecule has 1 amide bonds. The number of carboxylic acids is 1. The van der Waals surface area contributed by atoms with Crippen LogP contribution in [0, 0.1) is 0 Å². The van der Waals surface area contributed by atoms with Crippen LogP contribution in [-0.2, 0) is 19.6 Å². The van der Waals surface area contributed by atoms with Gasteiger partial charge < -0.3 is 14.7 Å². The lowest BCUT2D eigenvalue weighted by molar-refractivity contribution is -0.136. The standard InChI is InChI=1S/C13H24N2O6S/c1-13(2,3)21-12(18)14-6-4-7-15(9-8-14)22(19,20)10-5-11(16)17/h4-10H2,1-3H3,(H,16,17). The van der Waals surface area contributed by atoms with E-state index in [9.17, 15) is 18.0 Å². The lowest BCUT2D eigenvalue weighted by Gasteiger charge is -2.26. The summed E-state index contributed by atoms with van der Waals surface area (Å²) in [5.41, 5.74) is -0.601. The van der Waals surface area contributed by atoms with Gasteiger partial charge in [0.15, 0.2) is 0 Å². The number of sulfonamides is 1. The zero-order valence-electron chi connectivity index (χ0n) is 13.2. The highest BCUT2D eigenvalue weighted by Gasteiger charge is 2.29. The van der Waals surface area contributed by atoms with Gasteiger partial charge in [-0.15, -0.1) is 0 Å². The van der Waals surface area contributed by atoms with Gasteiger partial charge >= 0.3 is 12.1 Å². The third kappa shape index (κ3) is 6.18. The second-order valence-electron chi connectivity index (χ2n) is 6.18. The van der Waals surface area contributed by atoms with Gasteiger partial charge in [-0.05, 0) is 27.2 Å². The molecular weight excluding hydrogens is 312 g/mol. The molecule has 1 rings (SSSR count). The second kappa shape index (κ2) is 7.28. The van der Waals surface area contributed by atoms with Crippen LogP contribution < -0.4 is 0 Å². The summed E-state index contributed by atoms with van der Waals surface area (Å²) in [4.78, 5) is 24.0. The molecule has 9 heteroatoms. The predicted octanol–water partition coefficient (Wildman–Crippen LogP) is 0.734. The molecule has 0 radical (unpaired) electrons. The Labute approximate surface area is 131 Å². The molecule has 8 nitrogen and oxygen atoms in total. The first kappa shape index (κ1) is 18.7. The lowest BCUT2D eigenvalue weighted by Crippen LogP contribution is -2.40. The summed E-state index contributed by atoms with van der Waals surface area (Å²) >= 11 is 0. The number of hydrogen-bond acceptors (Lipinski definition) is 5. The fraction of sp³-hybridized carbons (Fsp3) is 0.846. The fourth-order valence-corrected chi connectivity index (χ4v) is 3.48. The molecule has 0 spiro atoms. The molecule has 1 aliphatic heterocycles. The number of nitrogens with zero attached hydrogens (tertiary/aromatic N) is 2. The molecule has 0 bridgehead atoms. The van der Waals surface area contributed by atoms with E-state index in [1.807, 2.05) is 0 Å². The molecule has 22 heavy (non-hydrogen) atoms. The Morgan fingerprint density at radius 3 is 2.32 bits per heavy atom. The van der Waals surface area contributed by atoms with Crippen LogP contribution in [0.3, 0.4) is 0 Å². The fourth-order valence-electron chi connectivity index (χ4n) is 2.03.